The first-order valence-electron chi connectivity index (χ1n) is 2.77. The molecule has 3 nitrogen and oxygen atoms in total. The van der Waals surface area contributed by atoms with Gasteiger partial charge in [0.15, 0.2) is 0 Å². The van der Waals surface area contributed by atoms with Crippen LogP contribution in [0, 0.1) is 0 Å². The summed E-state index contributed by atoms with van der Waals surface area (Å²) in [5.41, 5.74) is 0.303. The molecule has 1 aromatic rings. The van der Waals surface area contributed by atoms with E-state index in [1.807, 2.05) is 0 Å². The number of phenolic OH excluding ortho intramolecular Hbond substituents is 1. The van der Waals surface area contributed by atoms with Gasteiger partial charge >= 0.3 is 0 Å². The zero-order chi connectivity index (χ0) is 7.40. The number of hydrogen-bond acceptors (Lipinski definition) is 2. The summed E-state index contributed by atoms with van der Waals surface area (Å²) in [6.45, 7) is 0. The van der Waals surface area contributed by atoms with Crippen molar-refractivity contribution in [3.63, 3.8) is 0 Å². The average molecular weight is 225 g/mol. The topological polar surface area (TPSA) is 51.4 Å². The Balaban J connectivity index is 0.000001000. The maximum Gasteiger partial charge on any atom is 0.101 e. The van der Waals surface area contributed by atoms with Crippen molar-refractivity contribution in [1.29, 1.82) is 0 Å². The van der Waals surface area contributed by atoms with Crippen molar-refractivity contribution in [1.82, 2.24) is 0 Å². The molecular weight excluding hydrogens is 219 g/mol. The number of carbonyl (C=O) groups is 1. The molecule has 0 atom stereocenters. The first-order valence-corrected chi connectivity index (χ1v) is 2.77. The van der Waals surface area contributed by atoms with E-state index in [9.17, 15) is 4.79 Å². The van der Waals surface area contributed by atoms with Gasteiger partial charge in [0.05, 0.1) is 0 Å². The van der Waals surface area contributed by atoms with E-state index in [1.165, 1.54) is 6.07 Å². The van der Waals surface area contributed by atoms with Crippen molar-refractivity contribution < 1.29 is 42.6 Å². The van der Waals surface area contributed by atoms with E-state index in [-0.39, 0.29) is 38.5 Å². The van der Waals surface area contributed by atoms with Crippen molar-refractivity contribution in [3.8, 4) is 5.75 Å². The van der Waals surface area contributed by atoms with E-state index in [0.29, 0.717) is 12.1 Å². The Morgan fingerprint density at radius 1 is 1.36 bits per heavy atom. The predicted octanol–water partition coefficient (Wildman–Crippen LogP) is 1.55. The first kappa shape index (κ1) is 10.6. The fourth-order valence-corrected chi connectivity index (χ4v) is 0.630. The van der Waals surface area contributed by atoms with Gasteiger partial charge in [-0.3, -0.25) is 0 Å². The number of hydrogen-bond donors (Lipinski definition) is 1. The summed E-state index contributed by atoms with van der Waals surface area (Å²) in [4.78, 5) is 9.85. The van der Waals surface area contributed by atoms with Gasteiger partial charge in [0.2, 0.25) is 0 Å². The second-order valence-corrected chi connectivity index (χ2v) is 1.72. The number of amides is 1. The summed E-state index contributed by atoms with van der Waals surface area (Å²) in [5.74, 6) is 0.0228. The first-order chi connectivity index (χ1) is 4.84. The molecule has 11 heavy (non-hydrogen) atoms. The Morgan fingerprint density at radius 3 is 2.55 bits per heavy atom. The van der Waals surface area contributed by atoms with E-state index in [2.05, 4.69) is 5.32 Å². The smallest absolute Gasteiger partial charge is 0.101 e. The predicted molar refractivity (Wildman–Crippen MR) is 37.2 cm³/mol. The summed E-state index contributed by atoms with van der Waals surface area (Å²) in [7, 11) is 0. The van der Waals surface area contributed by atoms with Crippen LogP contribution in [0.4, 0.5) is 5.69 Å². The molecule has 1 aromatic carbocycles. The number of carbonyl (C=O) groups excluding carboxylic acids is 1. The summed E-state index contributed by atoms with van der Waals surface area (Å²) in [5, 5.41) is 12.4. The van der Waals surface area contributed by atoms with Gasteiger partial charge in [-0.1, -0.05) is 23.9 Å². The summed E-state index contributed by atoms with van der Waals surface area (Å²) < 4.78 is 0. The average Bonchev–Trinajstić information content (AvgIpc) is 1.94. The maximum absolute atomic E-state index is 9.85. The maximum atomic E-state index is 9.85. The standard InChI is InChI=1S/C7H7NO2.Y/c9-5-8-6-3-1-2-4-7(6)10;/h1-5H,(H2,8,9,10);/p-1. The van der Waals surface area contributed by atoms with Gasteiger partial charge in [-0.15, -0.1) is 0 Å². The molecule has 0 aliphatic heterocycles. The Hall–Kier alpha value is -0.406. The summed E-state index contributed by atoms with van der Waals surface area (Å²) in [6, 6.07) is 6.40. The SMILES string of the molecule is O=C[N-]c1ccccc1O.[Y]. The molecule has 4 heteroatoms. The van der Waals surface area contributed by atoms with Crippen LogP contribution in [0.2, 0.25) is 0 Å². The zero-order valence-electron chi connectivity index (χ0n) is 5.77. The molecule has 55 valence electrons. The molecule has 0 aromatic heterocycles. The molecule has 0 saturated carbocycles. The zero-order valence-corrected chi connectivity index (χ0v) is 8.61. The number of benzene rings is 1. The second-order valence-electron chi connectivity index (χ2n) is 1.72. The van der Waals surface area contributed by atoms with Gasteiger partial charge in [-0.05, 0) is 6.07 Å². The largest absolute Gasteiger partial charge is 0.627 e. The van der Waals surface area contributed by atoms with Gasteiger partial charge in [0.1, 0.15) is 5.75 Å². The fraction of sp³-hybridized carbons (Fsp3) is 0. The van der Waals surface area contributed by atoms with Crippen molar-refractivity contribution >= 4 is 12.1 Å². The molecule has 1 N–H and O–H groups in total. The van der Waals surface area contributed by atoms with Gasteiger partial charge < -0.3 is 15.2 Å². The van der Waals surface area contributed by atoms with Gasteiger partial charge in [0, 0.05) is 39.1 Å². The molecule has 0 unspecified atom stereocenters. The van der Waals surface area contributed by atoms with Crippen LogP contribution in [0.3, 0.4) is 0 Å². The number of nitrogens with zero attached hydrogens (tertiary/aromatic N) is 1. The van der Waals surface area contributed by atoms with E-state index < -0.39 is 0 Å². The number of rotatable bonds is 2. The molecule has 1 amide bonds. The monoisotopic (exact) mass is 225 g/mol. The Morgan fingerprint density at radius 2 is 2.00 bits per heavy atom. The molecule has 0 aliphatic carbocycles. The van der Waals surface area contributed by atoms with Crippen LogP contribution in [-0.2, 0) is 37.5 Å². The quantitative estimate of drug-likeness (QED) is 0.776. The Labute approximate surface area is 89.7 Å². The molecule has 1 rings (SSSR count). The van der Waals surface area contributed by atoms with Crippen LogP contribution in [0.5, 0.6) is 5.75 Å². The van der Waals surface area contributed by atoms with Gasteiger partial charge in [0.25, 0.3) is 0 Å². The number of para-hydroxylation sites is 2. The van der Waals surface area contributed by atoms with E-state index in [4.69, 9.17) is 5.11 Å². The van der Waals surface area contributed by atoms with Crippen molar-refractivity contribution in [2.24, 2.45) is 0 Å². The molecular formula is C7H6NO2Y-. The number of aromatic hydroxyl groups is 1. The number of phenols is 1. The van der Waals surface area contributed by atoms with Crippen molar-refractivity contribution in [3.05, 3.63) is 29.6 Å². The molecule has 0 spiro atoms. The van der Waals surface area contributed by atoms with Crippen LogP contribution >= 0.6 is 0 Å². The molecule has 0 aliphatic rings. The van der Waals surface area contributed by atoms with Crippen LogP contribution in [0.15, 0.2) is 24.3 Å². The summed E-state index contributed by atoms with van der Waals surface area (Å²) >= 11 is 0. The van der Waals surface area contributed by atoms with Crippen molar-refractivity contribution in [2.75, 3.05) is 0 Å². The second kappa shape index (κ2) is 5.27. The van der Waals surface area contributed by atoms with Crippen LogP contribution < -0.4 is 0 Å². The third kappa shape index (κ3) is 2.99. The molecule has 0 saturated heterocycles. The van der Waals surface area contributed by atoms with Crippen molar-refractivity contribution in [2.45, 2.75) is 0 Å². The van der Waals surface area contributed by atoms with Crippen LogP contribution in [0.25, 0.3) is 5.32 Å². The van der Waals surface area contributed by atoms with Crippen LogP contribution in [-0.4, -0.2) is 11.5 Å². The normalized spacial score (nSPS) is 8.00. The third-order valence-electron chi connectivity index (χ3n) is 1.07. The molecule has 0 fully saturated rings. The van der Waals surface area contributed by atoms with Gasteiger partial charge in [-0.2, -0.15) is 0 Å². The summed E-state index contributed by atoms with van der Waals surface area (Å²) in [6.07, 6.45) is 0.398. The molecule has 1 radical (unpaired) electrons. The Bertz CT molecular complexity index is 240. The van der Waals surface area contributed by atoms with E-state index in [1.54, 1.807) is 18.2 Å². The molecule has 0 heterocycles. The minimum atomic E-state index is 0. The van der Waals surface area contributed by atoms with E-state index >= 15 is 0 Å². The minimum absolute atomic E-state index is 0. The molecule has 0 bridgehead atoms. The minimum Gasteiger partial charge on any atom is -0.627 e. The fourth-order valence-electron chi connectivity index (χ4n) is 0.630. The van der Waals surface area contributed by atoms with E-state index in [0.717, 1.165) is 0 Å². The Kier molecular flexibility index (Phi) is 5.08. The third-order valence-corrected chi connectivity index (χ3v) is 1.07. The van der Waals surface area contributed by atoms with Crippen LogP contribution in [0.1, 0.15) is 0 Å². The van der Waals surface area contributed by atoms with Gasteiger partial charge in [-0.25, -0.2) is 0 Å².